The van der Waals surface area contributed by atoms with E-state index in [0.717, 1.165) is 30.2 Å². The number of hydrogen-bond acceptors (Lipinski definition) is 1. The Bertz CT molecular complexity index is 461. The van der Waals surface area contributed by atoms with Gasteiger partial charge < -0.3 is 0 Å². The third-order valence-electron chi connectivity index (χ3n) is 4.46. The van der Waals surface area contributed by atoms with Crippen molar-refractivity contribution in [1.82, 2.24) is 0 Å². The van der Waals surface area contributed by atoms with E-state index in [1.165, 1.54) is 38.2 Å². The van der Waals surface area contributed by atoms with Crippen LogP contribution in [0.2, 0.25) is 0 Å². The molecule has 2 unspecified atom stereocenters. The lowest BCUT2D eigenvalue weighted by Gasteiger charge is -2.28. The highest BCUT2D eigenvalue weighted by atomic mass is 19.1. The molecule has 102 valence electrons. The average Bonchev–Trinajstić information content (AvgIpc) is 2.45. The van der Waals surface area contributed by atoms with Crippen molar-refractivity contribution in [2.75, 3.05) is 0 Å². The fourth-order valence-corrected chi connectivity index (χ4v) is 3.21. The van der Waals surface area contributed by atoms with Crippen LogP contribution in [0.25, 0.3) is 0 Å². The minimum atomic E-state index is -0.380. The summed E-state index contributed by atoms with van der Waals surface area (Å²) in [6, 6.07) is 6.88. The maximum absolute atomic E-state index is 13.5. The summed E-state index contributed by atoms with van der Waals surface area (Å²) in [5, 5.41) is 8.71. The van der Waals surface area contributed by atoms with Gasteiger partial charge in [0, 0.05) is 0 Å². The third-order valence-corrected chi connectivity index (χ3v) is 4.46. The van der Waals surface area contributed by atoms with E-state index < -0.39 is 0 Å². The van der Waals surface area contributed by atoms with Crippen LogP contribution in [0.3, 0.4) is 0 Å². The number of rotatable bonds is 4. The number of halogens is 1. The molecular weight excluding hydrogens is 237 g/mol. The summed E-state index contributed by atoms with van der Waals surface area (Å²) < 4.78 is 13.5. The highest BCUT2D eigenvalue weighted by molar-refractivity contribution is 5.33. The van der Waals surface area contributed by atoms with Crippen LogP contribution in [-0.2, 0) is 6.42 Å². The first-order chi connectivity index (χ1) is 9.22. The van der Waals surface area contributed by atoms with Crippen LogP contribution >= 0.6 is 0 Å². The molecule has 1 nitrogen and oxygen atoms in total. The van der Waals surface area contributed by atoms with E-state index >= 15 is 0 Å². The Morgan fingerprint density at radius 3 is 2.79 bits per heavy atom. The number of nitriles is 1. The SMILES string of the molecule is CCC1CCCC(CCc2ccc(C#N)c(F)c2)C1. The molecule has 0 bridgehead atoms. The molecule has 1 aromatic rings. The molecule has 0 amide bonds. The van der Waals surface area contributed by atoms with Crippen LogP contribution in [0.4, 0.5) is 4.39 Å². The van der Waals surface area contributed by atoms with Crippen molar-refractivity contribution in [2.24, 2.45) is 11.8 Å². The molecule has 0 aliphatic heterocycles. The van der Waals surface area contributed by atoms with Gasteiger partial charge in [0.25, 0.3) is 0 Å². The molecule has 0 spiro atoms. The zero-order valence-electron chi connectivity index (χ0n) is 11.7. The molecular formula is C17H22FN. The molecule has 0 radical (unpaired) electrons. The topological polar surface area (TPSA) is 23.8 Å². The van der Waals surface area contributed by atoms with Crippen LogP contribution in [0.5, 0.6) is 0 Å². The molecule has 0 N–H and O–H groups in total. The number of aryl methyl sites for hydroxylation is 1. The van der Waals surface area contributed by atoms with E-state index in [4.69, 9.17) is 5.26 Å². The van der Waals surface area contributed by atoms with Gasteiger partial charge in [-0.25, -0.2) is 4.39 Å². The van der Waals surface area contributed by atoms with Gasteiger partial charge in [-0.05, 0) is 48.8 Å². The van der Waals surface area contributed by atoms with E-state index in [-0.39, 0.29) is 11.4 Å². The third kappa shape index (κ3) is 3.80. The smallest absolute Gasteiger partial charge is 0.141 e. The van der Waals surface area contributed by atoms with Crippen molar-refractivity contribution in [3.05, 3.63) is 35.1 Å². The fraction of sp³-hybridized carbons (Fsp3) is 0.588. The highest BCUT2D eigenvalue weighted by Crippen LogP contribution is 2.33. The molecule has 19 heavy (non-hydrogen) atoms. The first-order valence-electron chi connectivity index (χ1n) is 7.41. The molecule has 2 rings (SSSR count). The normalized spacial score (nSPS) is 23.0. The lowest BCUT2D eigenvalue weighted by molar-refractivity contribution is 0.250. The largest absolute Gasteiger partial charge is 0.206 e. The second-order valence-electron chi connectivity index (χ2n) is 5.77. The molecule has 1 aliphatic rings. The Labute approximate surface area is 115 Å². The average molecular weight is 259 g/mol. The highest BCUT2D eigenvalue weighted by Gasteiger charge is 2.20. The second kappa shape index (κ2) is 6.70. The first kappa shape index (κ1) is 14.1. The number of hydrogen-bond donors (Lipinski definition) is 0. The molecule has 1 aromatic carbocycles. The van der Waals surface area contributed by atoms with Gasteiger partial charge in [-0.2, -0.15) is 5.26 Å². The quantitative estimate of drug-likeness (QED) is 0.758. The fourth-order valence-electron chi connectivity index (χ4n) is 3.21. The van der Waals surface area contributed by atoms with Crippen molar-refractivity contribution in [3.63, 3.8) is 0 Å². The zero-order chi connectivity index (χ0) is 13.7. The maximum atomic E-state index is 13.5. The standard InChI is InChI=1S/C17H22FN/c1-2-13-4-3-5-14(10-13)6-7-15-8-9-16(12-19)17(18)11-15/h8-9,11,13-14H,2-7,10H2,1H3. The van der Waals surface area contributed by atoms with Crippen molar-refractivity contribution >= 4 is 0 Å². The van der Waals surface area contributed by atoms with Gasteiger partial charge in [-0.3, -0.25) is 0 Å². The Morgan fingerprint density at radius 2 is 2.11 bits per heavy atom. The Balaban J connectivity index is 1.88. The van der Waals surface area contributed by atoms with Crippen LogP contribution < -0.4 is 0 Å². The monoisotopic (exact) mass is 259 g/mol. The minimum Gasteiger partial charge on any atom is -0.206 e. The molecule has 1 aliphatic carbocycles. The predicted molar refractivity (Wildman–Crippen MR) is 75.2 cm³/mol. The first-order valence-corrected chi connectivity index (χ1v) is 7.41. The summed E-state index contributed by atoms with van der Waals surface area (Å²) >= 11 is 0. The molecule has 0 saturated heterocycles. The van der Waals surface area contributed by atoms with E-state index in [2.05, 4.69) is 6.92 Å². The van der Waals surface area contributed by atoms with Gasteiger partial charge >= 0.3 is 0 Å². The van der Waals surface area contributed by atoms with E-state index in [0.29, 0.717) is 0 Å². The molecule has 0 heterocycles. The summed E-state index contributed by atoms with van der Waals surface area (Å²) in [6.07, 6.45) is 8.79. The molecule has 2 atom stereocenters. The molecule has 1 fully saturated rings. The second-order valence-corrected chi connectivity index (χ2v) is 5.77. The molecule has 0 aromatic heterocycles. The molecule has 1 saturated carbocycles. The van der Waals surface area contributed by atoms with Gasteiger partial charge in [0.15, 0.2) is 0 Å². The Kier molecular flexibility index (Phi) is 4.96. The van der Waals surface area contributed by atoms with Crippen LogP contribution in [-0.4, -0.2) is 0 Å². The van der Waals surface area contributed by atoms with E-state index in [9.17, 15) is 4.39 Å². The van der Waals surface area contributed by atoms with Crippen molar-refractivity contribution in [3.8, 4) is 6.07 Å². The van der Waals surface area contributed by atoms with Crippen molar-refractivity contribution in [1.29, 1.82) is 5.26 Å². The maximum Gasteiger partial charge on any atom is 0.141 e. The lowest BCUT2D eigenvalue weighted by atomic mass is 9.78. The minimum absolute atomic E-state index is 0.146. The van der Waals surface area contributed by atoms with Gasteiger partial charge in [-0.1, -0.05) is 38.7 Å². The van der Waals surface area contributed by atoms with Gasteiger partial charge in [-0.15, -0.1) is 0 Å². The van der Waals surface area contributed by atoms with Gasteiger partial charge in [0.05, 0.1) is 5.56 Å². The Morgan fingerprint density at radius 1 is 1.32 bits per heavy atom. The van der Waals surface area contributed by atoms with Crippen LogP contribution in [0.1, 0.15) is 56.6 Å². The number of benzene rings is 1. The van der Waals surface area contributed by atoms with Crippen molar-refractivity contribution < 1.29 is 4.39 Å². The lowest BCUT2D eigenvalue weighted by Crippen LogP contribution is -2.15. The summed E-state index contributed by atoms with van der Waals surface area (Å²) in [5.74, 6) is 1.32. The summed E-state index contributed by atoms with van der Waals surface area (Å²) in [5.41, 5.74) is 1.17. The van der Waals surface area contributed by atoms with E-state index in [1.807, 2.05) is 12.1 Å². The summed E-state index contributed by atoms with van der Waals surface area (Å²) in [4.78, 5) is 0. The number of nitrogens with zero attached hydrogens (tertiary/aromatic N) is 1. The van der Waals surface area contributed by atoms with Gasteiger partial charge in [0.2, 0.25) is 0 Å². The zero-order valence-corrected chi connectivity index (χ0v) is 11.7. The summed E-state index contributed by atoms with van der Waals surface area (Å²) in [6.45, 7) is 2.28. The Hall–Kier alpha value is -1.36. The van der Waals surface area contributed by atoms with E-state index in [1.54, 1.807) is 6.07 Å². The van der Waals surface area contributed by atoms with Crippen LogP contribution in [0, 0.1) is 29.0 Å². The van der Waals surface area contributed by atoms with Gasteiger partial charge in [0.1, 0.15) is 11.9 Å². The van der Waals surface area contributed by atoms with Crippen molar-refractivity contribution in [2.45, 2.75) is 51.9 Å². The van der Waals surface area contributed by atoms with Crippen LogP contribution in [0.15, 0.2) is 18.2 Å². The summed E-state index contributed by atoms with van der Waals surface area (Å²) in [7, 11) is 0. The predicted octanol–water partition coefficient (Wildman–Crippen LogP) is 4.85. The molecule has 2 heteroatoms.